The summed E-state index contributed by atoms with van der Waals surface area (Å²) in [6.45, 7) is -0.576. The van der Waals surface area contributed by atoms with E-state index in [0.29, 0.717) is 0 Å². The third-order valence-corrected chi connectivity index (χ3v) is 0.805. The topological polar surface area (TPSA) is 83.8 Å². The Hall–Kier alpha value is -1.04. The van der Waals surface area contributed by atoms with Gasteiger partial charge in [0, 0.05) is 0 Å². The fraction of sp³-hybridized carbons (Fsp3) is 0.500. The average Bonchev–Trinajstić information content (AvgIpc) is 1.82. The molecule has 0 aromatic rings. The fourth-order valence-corrected chi connectivity index (χ4v) is 0.268. The zero-order valence-corrected chi connectivity index (χ0v) is 5.40. The monoisotopic (exact) mass is 146 g/mol. The summed E-state index contributed by atoms with van der Waals surface area (Å²) in [7, 11) is 1.27. The molecule has 6 heteroatoms. The van der Waals surface area contributed by atoms with E-state index < -0.39 is 24.5 Å². The molecule has 2 N–H and O–H groups in total. The van der Waals surface area contributed by atoms with E-state index in [1.54, 1.807) is 0 Å². The molecule has 0 saturated carbocycles. The molecule has 0 fully saturated rings. The molecule has 0 aromatic heterocycles. The smallest absolute Gasteiger partial charge is 0.329 e. The van der Waals surface area contributed by atoms with Crippen LogP contribution in [0.1, 0.15) is 0 Å². The van der Waals surface area contributed by atoms with E-state index in [1.165, 1.54) is 7.85 Å². The summed E-state index contributed by atoms with van der Waals surface area (Å²) in [5.74, 6) is -2.34. The van der Waals surface area contributed by atoms with Crippen LogP contribution in [-0.4, -0.2) is 42.6 Å². The van der Waals surface area contributed by atoms with Crippen molar-refractivity contribution >= 4 is 19.8 Å². The Morgan fingerprint density at radius 2 is 2.00 bits per heavy atom. The minimum atomic E-state index is -1.17. The number of carboxylic acid groups (broad SMARTS) is 2. The van der Waals surface area contributed by atoms with Crippen LogP contribution in [0.25, 0.3) is 0 Å². The summed E-state index contributed by atoms with van der Waals surface area (Å²) >= 11 is 0. The van der Waals surface area contributed by atoms with Crippen LogP contribution in [0.15, 0.2) is 0 Å². The second kappa shape index (κ2) is 3.89. The lowest BCUT2D eigenvalue weighted by molar-refractivity contribution is -0.151. The largest absolute Gasteiger partial charge is 0.480 e. The maximum Gasteiger partial charge on any atom is 0.329 e. The molecule has 0 heterocycles. The van der Waals surface area contributed by atoms with Gasteiger partial charge in [0.2, 0.25) is 0 Å². The average molecular weight is 146 g/mol. The van der Waals surface area contributed by atoms with Gasteiger partial charge in [-0.3, -0.25) is 4.79 Å². The molecule has 1 atom stereocenters. The molecule has 0 radical (unpaired) electrons. The van der Waals surface area contributed by atoms with Gasteiger partial charge in [0.15, 0.2) is 7.85 Å². The van der Waals surface area contributed by atoms with Crippen LogP contribution in [0.3, 0.4) is 0 Å². The number of hydrogen-bond acceptors (Lipinski definition) is 3. The van der Waals surface area contributed by atoms with Gasteiger partial charge in [-0.25, -0.2) is 4.79 Å². The lowest BCUT2D eigenvalue weighted by Crippen LogP contribution is -2.26. The Bertz CT molecular complexity index is 145. The Balaban J connectivity index is 3.49. The number of rotatable bonds is 4. The zero-order chi connectivity index (χ0) is 8.15. The van der Waals surface area contributed by atoms with E-state index in [2.05, 4.69) is 4.74 Å². The highest BCUT2D eigenvalue weighted by atomic mass is 16.5. The first-order valence-corrected chi connectivity index (χ1v) is 2.60. The van der Waals surface area contributed by atoms with Crippen molar-refractivity contribution < 1.29 is 24.5 Å². The van der Waals surface area contributed by atoms with Gasteiger partial charge in [0.25, 0.3) is 0 Å². The van der Waals surface area contributed by atoms with Crippen LogP contribution in [0.5, 0.6) is 0 Å². The molecule has 56 valence electrons. The van der Waals surface area contributed by atoms with Crippen LogP contribution in [0.4, 0.5) is 0 Å². The number of hydrogen-bond donors (Lipinski definition) is 2. The van der Waals surface area contributed by atoms with Crippen molar-refractivity contribution in [2.45, 2.75) is 6.00 Å². The SMILES string of the molecule is BC(OCC(=O)O)C(=O)O. The van der Waals surface area contributed by atoms with Crippen molar-refractivity contribution in [3.8, 4) is 0 Å². The maximum atomic E-state index is 9.99. The molecular weight excluding hydrogens is 139 g/mol. The highest BCUT2D eigenvalue weighted by Gasteiger charge is 2.11. The summed E-state index contributed by atoms with van der Waals surface area (Å²) in [4.78, 5) is 19.8. The molecule has 1 unspecified atom stereocenters. The Labute approximate surface area is 58.0 Å². The van der Waals surface area contributed by atoms with E-state index in [4.69, 9.17) is 10.2 Å². The molecule has 0 aliphatic carbocycles. The highest BCUT2D eigenvalue weighted by Crippen LogP contribution is 1.84. The summed E-state index contributed by atoms with van der Waals surface area (Å²) < 4.78 is 4.37. The van der Waals surface area contributed by atoms with Crippen molar-refractivity contribution in [3.63, 3.8) is 0 Å². The van der Waals surface area contributed by atoms with Crippen LogP contribution < -0.4 is 0 Å². The number of carbonyl (C=O) groups is 2. The molecule has 0 rings (SSSR count). The Kier molecular flexibility index (Phi) is 3.49. The minimum absolute atomic E-state index is 0.576. The lowest BCUT2D eigenvalue weighted by Gasteiger charge is -2.03. The predicted molar refractivity (Wildman–Crippen MR) is 33.6 cm³/mol. The van der Waals surface area contributed by atoms with E-state index in [0.717, 1.165) is 0 Å². The van der Waals surface area contributed by atoms with Gasteiger partial charge in [0.1, 0.15) is 12.6 Å². The third-order valence-electron chi connectivity index (χ3n) is 0.805. The summed E-state index contributed by atoms with van der Waals surface area (Å²) in [6, 6.07) is -1.06. The lowest BCUT2D eigenvalue weighted by atomic mass is 10.0. The fourth-order valence-electron chi connectivity index (χ4n) is 0.268. The first kappa shape index (κ1) is 8.96. The molecule has 0 aromatic carbocycles. The highest BCUT2D eigenvalue weighted by molar-refractivity contribution is 6.21. The van der Waals surface area contributed by atoms with Crippen molar-refractivity contribution in [2.75, 3.05) is 6.61 Å². The maximum absolute atomic E-state index is 9.99. The molecule has 0 saturated heterocycles. The Morgan fingerprint density at radius 3 is 2.30 bits per heavy atom. The molecule has 0 bridgehead atoms. The van der Waals surface area contributed by atoms with Crippen LogP contribution in [0, 0.1) is 0 Å². The van der Waals surface area contributed by atoms with Gasteiger partial charge in [-0.2, -0.15) is 0 Å². The van der Waals surface area contributed by atoms with Gasteiger partial charge in [-0.15, -0.1) is 0 Å². The van der Waals surface area contributed by atoms with Gasteiger partial charge >= 0.3 is 11.9 Å². The molecular formula is C4H7BO5. The van der Waals surface area contributed by atoms with E-state index >= 15 is 0 Å². The van der Waals surface area contributed by atoms with Crippen molar-refractivity contribution in [3.05, 3.63) is 0 Å². The number of ether oxygens (including phenoxy) is 1. The van der Waals surface area contributed by atoms with Gasteiger partial charge < -0.3 is 14.9 Å². The second-order valence-corrected chi connectivity index (χ2v) is 1.69. The molecule has 5 nitrogen and oxygen atoms in total. The van der Waals surface area contributed by atoms with Gasteiger partial charge in [-0.1, -0.05) is 0 Å². The van der Waals surface area contributed by atoms with Gasteiger partial charge in [0.05, 0.1) is 0 Å². The Morgan fingerprint density at radius 1 is 1.50 bits per heavy atom. The normalized spacial score (nSPS) is 12.4. The first-order chi connectivity index (χ1) is 4.54. The van der Waals surface area contributed by atoms with E-state index in [9.17, 15) is 9.59 Å². The van der Waals surface area contributed by atoms with Crippen molar-refractivity contribution in [1.29, 1.82) is 0 Å². The van der Waals surface area contributed by atoms with E-state index in [-0.39, 0.29) is 0 Å². The standard InChI is InChI=1S/C4H7BO5/c5-3(4(8)9)10-1-2(6)7/h3H,1,5H2,(H,6,7)(H,8,9). The number of carboxylic acids is 2. The van der Waals surface area contributed by atoms with Crippen molar-refractivity contribution in [1.82, 2.24) is 0 Å². The molecule has 0 spiro atoms. The zero-order valence-electron chi connectivity index (χ0n) is 5.40. The molecule has 0 amide bonds. The summed E-state index contributed by atoms with van der Waals surface area (Å²) in [5, 5.41) is 16.2. The van der Waals surface area contributed by atoms with Crippen LogP contribution in [-0.2, 0) is 14.3 Å². The summed E-state index contributed by atoms with van der Waals surface area (Å²) in [6.07, 6.45) is 0. The first-order valence-electron chi connectivity index (χ1n) is 2.60. The quantitative estimate of drug-likeness (QED) is 0.454. The molecule has 0 aliphatic rings. The second-order valence-electron chi connectivity index (χ2n) is 1.69. The van der Waals surface area contributed by atoms with Crippen LogP contribution in [0.2, 0.25) is 0 Å². The minimum Gasteiger partial charge on any atom is -0.480 e. The van der Waals surface area contributed by atoms with Crippen LogP contribution >= 0.6 is 0 Å². The van der Waals surface area contributed by atoms with Gasteiger partial charge in [-0.05, 0) is 0 Å². The molecule has 10 heavy (non-hydrogen) atoms. The van der Waals surface area contributed by atoms with Crippen molar-refractivity contribution in [2.24, 2.45) is 0 Å². The van der Waals surface area contributed by atoms with E-state index in [1.807, 2.05) is 0 Å². The molecule has 0 aliphatic heterocycles. The number of aliphatic carboxylic acids is 2. The summed E-state index contributed by atoms with van der Waals surface area (Å²) in [5.41, 5.74) is 0. The third kappa shape index (κ3) is 3.91. The predicted octanol–water partition coefficient (Wildman–Crippen LogP) is -1.87.